The summed E-state index contributed by atoms with van der Waals surface area (Å²) in [6.07, 6.45) is 0.937. The summed E-state index contributed by atoms with van der Waals surface area (Å²) in [7, 11) is 1.48. The number of rotatable bonds is 4. The van der Waals surface area contributed by atoms with Gasteiger partial charge in [-0.1, -0.05) is 11.6 Å². The first kappa shape index (κ1) is 24.7. The zero-order valence-corrected chi connectivity index (χ0v) is 22.3. The molecule has 0 radical (unpaired) electrons. The van der Waals surface area contributed by atoms with Crippen LogP contribution >= 0.6 is 34.2 Å². The fraction of sp³-hybridized carbons (Fsp3) is 0.455. The number of nitrogen functional groups attached to an aromatic ring is 1. The van der Waals surface area contributed by atoms with Gasteiger partial charge in [0.25, 0.3) is 0 Å². The smallest absolute Gasteiger partial charge is 0.410 e. The number of likely N-dealkylation sites (tertiary alicyclic amines) is 1. The highest BCUT2D eigenvalue weighted by molar-refractivity contribution is 14.1. The molecule has 0 bridgehead atoms. The van der Waals surface area contributed by atoms with Gasteiger partial charge in [-0.05, 0) is 56.4 Å². The number of ether oxygens (including phenoxy) is 2. The molecule has 1 aliphatic heterocycles. The molecule has 2 aromatic heterocycles. The van der Waals surface area contributed by atoms with Crippen molar-refractivity contribution >= 4 is 57.1 Å². The molecule has 0 aliphatic carbocycles. The van der Waals surface area contributed by atoms with Crippen LogP contribution in [0.5, 0.6) is 5.75 Å². The number of amides is 1. The van der Waals surface area contributed by atoms with Gasteiger partial charge >= 0.3 is 6.09 Å². The maximum absolute atomic E-state index is 15.3. The second-order valence-electron chi connectivity index (χ2n) is 9.16. The van der Waals surface area contributed by atoms with Crippen LogP contribution in [-0.4, -0.2) is 56.5 Å². The minimum Gasteiger partial charge on any atom is -0.496 e. The lowest BCUT2D eigenvalue weighted by molar-refractivity contribution is 0.00768. The van der Waals surface area contributed by atoms with E-state index in [1.54, 1.807) is 31.5 Å². The van der Waals surface area contributed by atoms with Gasteiger partial charge in [0.05, 0.1) is 23.6 Å². The summed E-state index contributed by atoms with van der Waals surface area (Å²) in [4.78, 5) is 22.3. The lowest BCUT2D eigenvalue weighted by atomic mass is 9.88. The topological polar surface area (TPSA) is 108 Å². The van der Waals surface area contributed by atoms with E-state index >= 15 is 4.39 Å². The first-order chi connectivity index (χ1) is 15.9. The van der Waals surface area contributed by atoms with E-state index < -0.39 is 23.6 Å². The highest BCUT2D eigenvalue weighted by Gasteiger charge is 2.39. The molecule has 2 N–H and O–H groups in total. The van der Waals surface area contributed by atoms with Gasteiger partial charge in [0.1, 0.15) is 33.0 Å². The third-order valence-electron chi connectivity index (χ3n) is 5.67. The van der Waals surface area contributed by atoms with Crippen molar-refractivity contribution in [2.24, 2.45) is 0 Å². The second kappa shape index (κ2) is 8.99. The number of methoxy groups -OCH3 is 1. The molecule has 9 nitrogen and oxygen atoms in total. The van der Waals surface area contributed by atoms with E-state index in [0.29, 0.717) is 50.5 Å². The van der Waals surface area contributed by atoms with E-state index in [1.807, 2.05) is 6.92 Å². The Morgan fingerprint density at radius 3 is 2.65 bits per heavy atom. The van der Waals surface area contributed by atoms with Crippen LogP contribution in [0.3, 0.4) is 0 Å². The molecule has 1 atom stereocenters. The fourth-order valence-corrected chi connectivity index (χ4v) is 5.01. The van der Waals surface area contributed by atoms with Crippen molar-refractivity contribution in [1.29, 1.82) is 0 Å². The number of carbonyl (C=O) groups excluding carboxylic acids is 1. The Hall–Kier alpha value is -2.41. The highest BCUT2D eigenvalue weighted by atomic mass is 127. The molecular formula is C22H25ClFIN6O3. The molecule has 1 amide bonds. The van der Waals surface area contributed by atoms with E-state index in [4.69, 9.17) is 26.8 Å². The van der Waals surface area contributed by atoms with E-state index in [0.717, 1.165) is 0 Å². The third kappa shape index (κ3) is 4.35. The van der Waals surface area contributed by atoms with E-state index in [9.17, 15) is 4.79 Å². The molecule has 4 rings (SSSR count). The predicted molar refractivity (Wildman–Crippen MR) is 135 cm³/mol. The molecule has 1 saturated heterocycles. The number of hydrogen-bond donors (Lipinski definition) is 1. The number of anilines is 1. The van der Waals surface area contributed by atoms with Crippen molar-refractivity contribution in [3.05, 3.63) is 38.1 Å². The van der Waals surface area contributed by atoms with Gasteiger partial charge < -0.3 is 20.1 Å². The lowest BCUT2D eigenvalue weighted by Gasteiger charge is -2.40. The maximum Gasteiger partial charge on any atom is 0.410 e. The van der Waals surface area contributed by atoms with Crippen molar-refractivity contribution in [3.63, 3.8) is 0 Å². The zero-order valence-electron chi connectivity index (χ0n) is 19.4. The standard InChI is InChI=1S/C22H25ClFIN6O3/c1-10(31-20-15(18(25)29-31)19(26)27-9-28-20)12-6-13(23)16(24)14(17(12)33-5)11-7-30(8-11)21(32)34-22(2,3)4/h6,9-11H,7-8H2,1-5H3,(H2,26,27,28). The number of nitrogens with zero attached hydrogens (tertiary/aromatic N) is 5. The fourth-order valence-electron chi connectivity index (χ4n) is 4.04. The molecule has 1 unspecified atom stereocenters. The number of benzene rings is 1. The SMILES string of the molecule is COc1c(C(C)n2nc(I)c3c(N)ncnc32)cc(Cl)c(F)c1C1CN(C(=O)OC(C)(C)C)C1. The number of fused-ring (bicyclic) bond motifs is 1. The molecule has 1 fully saturated rings. The Morgan fingerprint density at radius 2 is 2.03 bits per heavy atom. The monoisotopic (exact) mass is 602 g/mol. The maximum atomic E-state index is 15.3. The largest absolute Gasteiger partial charge is 0.496 e. The molecule has 0 spiro atoms. The van der Waals surface area contributed by atoms with E-state index in [1.165, 1.54) is 18.3 Å². The molecule has 34 heavy (non-hydrogen) atoms. The Balaban J connectivity index is 1.71. The summed E-state index contributed by atoms with van der Waals surface area (Å²) in [5.41, 5.74) is 6.93. The van der Waals surface area contributed by atoms with Crippen molar-refractivity contribution < 1.29 is 18.7 Å². The number of hydrogen-bond acceptors (Lipinski definition) is 7. The van der Waals surface area contributed by atoms with Crippen molar-refractivity contribution in [2.75, 3.05) is 25.9 Å². The molecule has 3 heterocycles. The summed E-state index contributed by atoms with van der Waals surface area (Å²) in [6, 6.07) is 1.13. The van der Waals surface area contributed by atoms with Crippen LogP contribution in [-0.2, 0) is 4.74 Å². The molecule has 1 aromatic carbocycles. The average Bonchev–Trinajstić information content (AvgIpc) is 3.05. The van der Waals surface area contributed by atoms with Gasteiger partial charge in [-0.3, -0.25) is 0 Å². The van der Waals surface area contributed by atoms with Crippen molar-refractivity contribution in [1.82, 2.24) is 24.6 Å². The molecule has 182 valence electrons. The van der Waals surface area contributed by atoms with Crippen LogP contribution in [0, 0.1) is 9.52 Å². The number of nitrogens with two attached hydrogens (primary N) is 1. The van der Waals surface area contributed by atoms with Crippen LogP contribution in [0.2, 0.25) is 5.02 Å². The Labute approximate surface area is 214 Å². The first-order valence-corrected chi connectivity index (χ1v) is 12.1. The average molecular weight is 603 g/mol. The van der Waals surface area contributed by atoms with Gasteiger partial charge in [0, 0.05) is 30.1 Å². The van der Waals surface area contributed by atoms with Crippen LogP contribution in [0.15, 0.2) is 12.4 Å². The summed E-state index contributed by atoms with van der Waals surface area (Å²) < 4.78 is 28.7. The van der Waals surface area contributed by atoms with Gasteiger partial charge in [0.15, 0.2) is 5.65 Å². The quantitative estimate of drug-likeness (QED) is 0.429. The van der Waals surface area contributed by atoms with Gasteiger partial charge in [-0.2, -0.15) is 5.10 Å². The summed E-state index contributed by atoms with van der Waals surface area (Å²) in [5.74, 6) is -0.160. The Morgan fingerprint density at radius 1 is 1.35 bits per heavy atom. The van der Waals surface area contributed by atoms with Crippen LogP contribution in [0.1, 0.15) is 50.8 Å². The number of halogens is 3. The van der Waals surface area contributed by atoms with Crippen LogP contribution in [0.25, 0.3) is 11.0 Å². The molecule has 1 aliphatic rings. The second-order valence-corrected chi connectivity index (χ2v) is 10.6. The lowest BCUT2D eigenvalue weighted by Crippen LogP contribution is -2.50. The predicted octanol–water partition coefficient (Wildman–Crippen LogP) is 4.76. The minimum atomic E-state index is -0.610. The van der Waals surface area contributed by atoms with Gasteiger partial charge in [0.2, 0.25) is 0 Å². The Kier molecular flexibility index (Phi) is 6.53. The summed E-state index contributed by atoms with van der Waals surface area (Å²) in [6.45, 7) is 7.88. The zero-order chi connectivity index (χ0) is 24.9. The number of carbonyl (C=O) groups is 1. The van der Waals surface area contributed by atoms with Crippen molar-refractivity contribution in [2.45, 2.75) is 45.3 Å². The molecule has 12 heteroatoms. The van der Waals surface area contributed by atoms with Crippen LogP contribution in [0.4, 0.5) is 15.0 Å². The molecule has 3 aromatic rings. The normalized spacial score (nSPS) is 15.4. The van der Waals surface area contributed by atoms with Gasteiger partial charge in [-0.25, -0.2) is 23.8 Å². The minimum absolute atomic E-state index is 0.0336. The van der Waals surface area contributed by atoms with Crippen LogP contribution < -0.4 is 10.5 Å². The number of aromatic nitrogens is 4. The highest BCUT2D eigenvalue weighted by Crippen LogP contribution is 2.44. The van der Waals surface area contributed by atoms with Gasteiger partial charge in [-0.15, -0.1) is 0 Å². The first-order valence-electron chi connectivity index (χ1n) is 10.6. The molecular weight excluding hydrogens is 578 g/mol. The summed E-state index contributed by atoms with van der Waals surface area (Å²) >= 11 is 8.41. The third-order valence-corrected chi connectivity index (χ3v) is 6.70. The van der Waals surface area contributed by atoms with E-state index in [2.05, 4.69) is 37.7 Å². The molecule has 0 saturated carbocycles. The Bertz CT molecular complexity index is 1270. The summed E-state index contributed by atoms with van der Waals surface area (Å²) in [5, 5.41) is 5.21. The van der Waals surface area contributed by atoms with E-state index in [-0.39, 0.29) is 10.9 Å². The van der Waals surface area contributed by atoms with Crippen molar-refractivity contribution in [3.8, 4) is 5.75 Å².